The minimum Gasteiger partial charge on any atom is -0.487 e. The minimum absolute atomic E-state index is 0.0960. The predicted molar refractivity (Wildman–Crippen MR) is 109 cm³/mol. The Morgan fingerprint density at radius 1 is 1.07 bits per heavy atom. The van der Waals surface area contributed by atoms with Gasteiger partial charge in [0.15, 0.2) is 0 Å². The topological polar surface area (TPSA) is 52.6 Å². The minimum atomic E-state index is -3.86. The first-order chi connectivity index (χ1) is 13.9. The maximum absolute atomic E-state index is 14.1. The van der Waals surface area contributed by atoms with Gasteiger partial charge >= 0.3 is 0 Å². The summed E-state index contributed by atoms with van der Waals surface area (Å²) in [6, 6.07) is 18.9. The van der Waals surface area contributed by atoms with Gasteiger partial charge in [0.2, 0.25) is 0 Å². The van der Waals surface area contributed by atoms with E-state index in [1.807, 2.05) is 37.3 Å². The normalized spacial score (nSPS) is 16.1. The van der Waals surface area contributed by atoms with Crippen LogP contribution in [0.5, 0.6) is 5.75 Å². The number of fused-ring (bicyclic) bond motifs is 1. The SMILES string of the molecule is Cc1ccc(S(=O)(=O)OCC2CCc3cc(F)cc(-c4ccccc4)c3O2)cc1. The van der Waals surface area contributed by atoms with Crippen molar-refractivity contribution in [3.05, 3.63) is 83.7 Å². The third kappa shape index (κ3) is 4.33. The number of ether oxygens (including phenoxy) is 1. The average Bonchev–Trinajstić information content (AvgIpc) is 2.73. The molecule has 1 unspecified atom stereocenters. The molecule has 0 saturated heterocycles. The van der Waals surface area contributed by atoms with Gasteiger partial charge in [0.1, 0.15) is 24.3 Å². The van der Waals surface area contributed by atoms with Gasteiger partial charge in [0.05, 0.1) is 4.90 Å². The van der Waals surface area contributed by atoms with E-state index in [0.717, 1.165) is 16.7 Å². The van der Waals surface area contributed by atoms with Crippen molar-refractivity contribution in [1.29, 1.82) is 0 Å². The summed E-state index contributed by atoms with van der Waals surface area (Å²) in [6.07, 6.45) is 0.704. The van der Waals surface area contributed by atoms with Gasteiger partial charge in [-0.25, -0.2) is 4.39 Å². The van der Waals surface area contributed by atoms with Crippen LogP contribution in [0, 0.1) is 12.7 Å². The zero-order valence-electron chi connectivity index (χ0n) is 16.0. The molecule has 4 nitrogen and oxygen atoms in total. The molecule has 0 bridgehead atoms. The molecule has 0 fully saturated rings. The third-order valence-corrected chi connectivity index (χ3v) is 6.25. The van der Waals surface area contributed by atoms with E-state index in [2.05, 4.69) is 0 Å². The standard InChI is InChI=1S/C23H21FO4S/c1-16-7-11-21(12-8-16)29(25,26)27-15-20-10-9-18-13-19(24)14-22(23(18)28-20)17-5-3-2-4-6-17/h2-8,11-14,20H,9-10,15H2,1H3. The second-order valence-electron chi connectivity index (χ2n) is 7.14. The Bertz CT molecular complexity index is 1110. The maximum Gasteiger partial charge on any atom is 0.297 e. The van der Waals surface area contributed by atoms with E-state index in [9.17, 15) is 12.8 Å². The summed E-state index contributed by atoms with van der Waals surface area (Å²) in [6.45, 7) is 1.79. The Hall–Kier alpha value is -2.70. The molecule has 4 rings (SSSR count). The van der Waals surface area contributed by atoms with E-state index >= 15 is 0 Å². The number of hydrogen-bond acceptors (Lipinski definition) is 4. The van der Waals surface area contributed by atoms with Gasteiger partial charge in [-0.05, 0) is 55.2 Å². The molecule has 0 saturated carbocycles. The van der Waals surface area contributed by atoms with Crippen LogP contribution in [0.2, 0.25) is 0 Å². The van der Waals surface area contributed by atoms with Crippen molar-refractivity contribution in [3.63, 3.8) is 0 Å². The Balaban J connectivity index is 1.54. The van der Waals surface area contributed by atoms with Crippen LogP contribution in [0.1, 0.15) is 17.5 Å². The lowest BCUT2D eigenvalue weighted by Crippen LogP contribution is -2.29. The molecule has 6 heteroatoms. The van der Waals surface area contributed by atoms with E-state index in [0.29, 0.717) is 24.2 Å². The van der Waals surface area contributed by atoms with Gasteiger partial charge in [0.25, 0.3) is 10.1 Å². The summed E-state index contributed by atoms with van der Waals surface area (Å²) >= 11 is 0. The highest BCUT2D eigenvalue weighted by molar-refractivity contribution is 7.86. The average molecular weight is 412 g/mol. The number of benzene rings is 3. The van der Waals surface area contributed by atoms with Crippen LogP contribution < -0.4 is 4.74 Å². The number of halogens is 1. The molecule has 0 amide bonds. The zero-order valence-corrected chi connectivity index (χ0v) is 16.8. The molecule has 150 valence electrons. The molecule has 1 aliphatic rings. The molecule has 0 spiro atoms. The zero-order chi connectivity index (χ0) is 20.4. The lowest BCUT2D eigenvalue weighted by Gasteiger charge is -2.28. The number of hydrogen-bond donors (Lipinski definition) is 0. The molecule has 3 aromatic rings. The highest BCUT2D eigenvalue weighted by Gasteiger charge is 2.26. The molecule has 0 N–H and O–H groups in total. The fourth-order valence-electron chi connectivity index (χ4n) is 3.40. The van der Waals surface area contributed by atoms with Gasteiger partial charge in [-0.2, -0.15) is 8.42 Å². The fourth-order valence-corrected chi connectivity index (χ4v) is 4.34. The molecule has 1 heterocycles. The Morgan fingerprint density at radius 2 is 1.79 bits per heavy atom. The van der Waals surface area contributed by atoms with Crippen molar-refractivity contribution in [2.45, 2.75) is 30.8 Å². The largest absolute Gasteiger partial charge is 0.487 e. The molecular formula is C23H21FO4S. The quantitative estimate of drug-likeness (QED) is 0.560. The van der Waals surface area contributed by atoms with Crippen LogP contribution in [0.3, 0.4) is 0 Å². The molecule has 0 aliphatic carbocycles. The van der Waals surface area contributed by atoms with Crippen molar-refractivity contribution in [1.82, 2.24) is 0 Å². The first-order valence-corrected chi connectivity index (χ1v) is 10.8. The van der Waals surface area contributed by atoms with Gasteiger partial charge in [-0.1, -0.05) is 48.0 Å². The van der Waals surface area contributed by atoms with Crippen LogP contribution in [0.4, 0.5) is 4.39 Å². The van der Waals surface area contributed by atoms with Crippen LogP contribution in [-0.4, -0.2) is 21.1 Å². The summed E-state index contributed by atoms with van der Waals surface area (Å²) in [5, 5.41) is 0. The summed E-state index contributed by atoms with van der Waals surface area (Å²) < 4.78 is 50.3. The highest BCUT2D eigenvalue weighted by atomic mass is 32.2. The fraction of sp³-hybridized carbons (Fsp3) is 0.217. The van der Waals surface area contributed by atoms with Gasteiger partial charge < -0.3 is 4.74 Å². The van der Waals surface area contributed by atoms with Crippen molar-refractivity contribution in [2.75, 3.05) is 6.61 Å². The van der Waals surface area contributed by atoms with E-state index < -0.39 is 16.2 Å². The van der Waals surface area contributed by atoms with E-state index in [-0.39, 0.29) is 17.3 Å². The van der Waals surface area contributed by atoms with Gasteiger partial charge in [-0.3, -0.25) is 4.18 Å². The number of aryl methyl sites for hydroxylation is 2. The molecule has 1 aliphatic heterocycles. The summed E-state index contributed by atoms with van der Waals surface area (Å²) in [5.74, 6) is 0.271. The van der Waals surface area contributed by atoms with E-state index in [1.54, 1.807) is 12.1 Å². The summed E-state index contributed by atoms with van der Waals surface area (Å²) in [7, 11) is -3.86. The summed E-state index contributed by atoms with van der Waals surface area (Å²) in [4.78, 5) is 0.117. The third-order valence-electron chi connectivity index (χ3n) is 4.95. The second kappa shape index (κ2) is 7.97. The van der Waals surface area contributed by atoms with E-state index in [1.165, 1.54) is 24.3 Å². The highest BCUT2D eigenvalue weighted by Crippen LogP contribution is 2.38. The Labute approximate surface area is 170 Å². The van der Waals surface area contributed by atoms with Crippen LogP contribution in [0.25, 0.3) is 11.1 Å². The first-order valence-electron chi connectivity index (χ1n) is 9.43. The predicted octanol–water partition coefficient (Wildman–Crippen LogP) is 4.90. The Kier molecular flexibility index (Phi) is 5.39. The smallest absolute Gasteiger partial charge is 0.297 e. The van der Waals surface area contributed by atoms with Crippen molar-refractivity contribution >= 4 is 10.1 Å². The van der Waals surface area contributed by atoms with Gasteiger partial charge in [0, 0.05) is 5.56 Å². The molecule has 1 atom stereocenters. The summed E-state index contributed by atoms with van der Waals surface area (Å²) in [5.41, 5.74) is 3.25. The molecule has 0 radical (unpaired) electrons. The monoisotopic (exact) mass is 412 g/mol. The molecular weight excluding hydrogens is 391 g/mol. The number of rotatable bonds is 5. The lowest BCUT2D eigenvalue weighted by atomic mass is 9.95. The van der Waals surface area contributed by atoms with Crippen molar-refractivity contribution in [2.24, 2.45) is 0 Å². The van der Waals surface area contributed by atoms with Crippen LogP contribution in [-0.2, 0) is 20.7 Å². The lowest BCUT2D eigenvalue weighted by molar-refractivity contribution is 0.113. The molecule has 3 aromatic carbocycles. The maximum atomic E-state index is 14.1. The van der Waals surface area contributed by atoms with Crippen LogP contribution >= 0.6 is 0 Å². The second-order valence-corrected chi connectivity index (χ2v) is 8.75. The molecule has 29 heavy (non-hydrogen) atoms. The molecule has 0 aromatic heterocycles. The van der Waals surface area contributed by atoms with E-state index in [4.69, 9.17) is 8.92 Å². The first kappa shape index (κ1) is 19.6. The van der Waals surface area contributed by atoms with Gasteiger partial charge in [-0.15, -0.1) is 0 Å². The van der Waals surface area contributed by atoms with Crippen molar-refractivity contribution in [3.8, 4) is 16.9 Å². The Morgan fingerprint density at radius 3 is 2.52 bits per heavy atom. The van der Waals surface area contributed by atoms with Crippen molar-refractivity contribution < 1.29 is 21.7 Å². The van der Waals surface area contributed by atoms with Crippen LogP contribution in [0.15, 0.2) is 71.6 Å².